The standard InChI is InChI=1S/C19H19N5O4S/c1-2-28-19(27)14(18-22-9-10-29-18)11-23-15(25)7-8-16(26)24-13-5-3-12(4-6-13)17(20)21/h3-6,9-10,14H,2,11H2,1H3,(H3,20,21)(H,23,25)(H,24,26). The third kappa shape index (κ3) is 6.75. The van der Waals surface area contributed by atoms with Gasteiger partial charge in [-0.1, -0.05) is 0 Å². The number of esters is 1. The normalized spacial score (nSPS) is 10.8. The topological polar surface area (TPSA) is 147 Å². The Bertz CT molecular complexity index is 945. The summed E-state index contributed by atoms with van der Waals surface area (Å²) >= 11 is 1.27. The monoisotopic (exact) mass is 413 g/mol. The van der Waals surface area contributed by atoms with Crippen molar-refractivity contribution in [2.45, 2.75) is 12.8 Å². The van der Waals surface area contributed by atoms with E-state index in [2.05, 4.69) is 27.5 Å². The second-order valence-corrected chi connectivity index (χ2v) is 6.51. The number of amidine groups is 1. The minimum absolute atomic E-state index is 0.0476. The molecule has 0 aliphatic carbocycles. The zero-order valence-electron chi connectivity index (χ0n) is 15.5. The number of hydrogen-bond donors (Lipinski definition) is 4. The lowest BCUT2D eigenvalue weighted by Crippen LogP contribution is -2.32. The fourth-order valence-electron chi connectivity index (χ4n) is 2.17. The van der Waals surface area contributed by atoms with E-state index >= 15 is 0 Å². The van der Waals surface area contributed by atoms with E-state index in [0.29, 0.717) is 16.3 Å². The fourth-order valence-corrected chi connectivity index (χ4v) is 2.90. The molecule has 1 unspecified atom stereocenters. The molecule has 0 radical (unpaired) electrons. The SMILES string of the molecule is CCOC(=O)C(CNC(=O)C#CC(=O)Nc1ccc(C(=N)N)cc1)c1nccs1. The van der Waals surface area contributed by atoms with Crippen molar-refractivity contribution in [3.8, 4) is 11.8 Å². The van der Waals surface area contributed by atoms with Gasteiger partial charge in [-0.2, -0.15) is 0 Å². The van der Waals surface area contributed by atoms with Gasteiger partial charge in [0.25, 0.3) is 5.91 Å². The molecule has 1 aromatic heterocycles. The molecule has 2 aromatic rings. The first-order valence-corrected chi connectivity index (χ1v) is 9.40. The zero-order valence-corrected chi connectivity index (χ0v) is 16.3. The Hall–Kier alpha value is -3.71. The number of carbonyl (C=O) groups excluding carboxylic acids is 3. The Labute approximate surface area is 171 Å². The molecule has 5 N–H and O–H groups in total. The van der Waals surface area contributed by atoms with Gasteiger partial charge < -0.3 is 21.1 Å². The Kier molecular flexibility index (Phi) is 7.88. The number of thiazole rings is 1. The van der Waals surface area contributed by atoms with E-state index in [0.717, 1.165) is 0 Å². The molecule has 1 heterocycles. The average Bonchev–Trinajstić information content (AvgIpc) is 3.21. The highest BCUT2D eigenvalue weighted by molar-refractivity contribution is 7.09. The first kappa shape index (κ1) is 21.6. The maximum absolute atomic E-state index is 12.1. The van der Waals surface area contributed by atoms with Crippen LogP contribution in [0, 0.1) is 17.3 Å². The van der Waals surface area contributed by atoms with Crippen LogP contribution in [0.2, 0.25) is 0 Å². The molecule has 2 amide bonds. The van der Waals surface area contributed by atoms with Crippen LogP contribution in [0.1, 0.15) is 23.4 Å². The molecule has 0 aliphatic heterocycles. The van der Waals surface area contributed by atoms with Gasteiger partial charge in [-0.15, -0.1) is 11.3 Å². The van der Waals surface area contributed by atoms with E-state index in [1.165, 1.54) is 11.3 Å². The number of anilines is 1. The lowest BCUT2D eigenvalue weighted by atomic mass is 10.1. The molecule has 10 heteroatoms. The van der Waals surface area contributed by atoms with Crippen LogP contribution in [-0.4, -0.2) is 41.8 Å². The minimum atomic E-state index is -0.741. The third-order valence-corrected chi connectivity index (χ3v) is 4.42. The smallest absolute Gasteiger partial charge is 0.317 e. The van der Waals surface area contributed by atoms with Gasteiger partial charge >= 0.3 is 11.9 Å². The predicted octanol–water partition coefficient (Wildman–Crippen LogP) is 0.832. The van der Waals surface area contributed by atoms with E-state index < -0.39 is 23.7 Å². The summed E-state index contributed by atoms with van der Waals surface area (Å²) in [5, 5.41) is 14.5. The highest BCUT2D eigenvalue weighted by atomic mass is 32.1. The van der Waals surface area contributed by atoms with E-state index in [-0.39, 0.29) is 19.0 Å². The van der Waals surface area contributed by atoms with Gasteiger partial charge in [0.05, 0.1) is 6.61 Å². The Morgan fingerprint density at radius 3 is 2.52 bits per heavy atom. The largest absolute Gasteiger partial charge is 0.465 e. The summed E-state index contributed by atoms with van der Waals surface area (Å²) in [5.41, 5.74) is 6.32. The molecule has 0 spiro atoms. The van der Waals surface area contributed by atoms with Crippen molar-refractivity contribution in [2.24, 2.45) is 5.73 Å². The van der Waals surface area contributed by atoms with E-state index in [4.69, 9.17) is 15.9 Å². The van der Waals surface area contributed by atoms with Gasteiger partial charge in [0.1, 0.15) is 16.8 Å². The van der Waals surface area contributed by atoms with Crippen LogP contribution >= 0.6 is 11.3 Å². The lowest BCUT2D eigenvalue weighted by molar-refractivity contribution is -0.144. The molecular weight excluding hydrogens is 394 g/mol. The average molecular weight is 413 g/mol. The number of aromatic nitrogens is 1. The van der Waals surface area contributed by atoms with E-state index in [1.54, 1.807) is 42.8 Å². The molecule has 0 fully saturated rings. The molecule has 1 aromatic carbocycles. The van der Waals surface area contributed by atoms with Crippen molar-refractivity contribution in [3.63, 3.8) is 0 Å². The van der Waals surface area contributed by atoms with Gasteiger partial charge in [-0.05, 0) is 31.2 Å². The summed E-state index contributed by atoms with van der Waals surface area (Å²) in [6.45, 7) is 1.85. The number of carbonyl (C=O) groups is 3. The Morgan fingerprint density at radius 1 is 1.24 bits per heavy atom. The van der Waals surface area contributed by atoms with Gasteiger partial charge in [-0.3, -0.25) is 19.8 Å². The molecule has 0 saturated carbocycles. The van der Waals surface area contributed by atoms with Gasteiger partial charge in [0, 0.05) is 41.2 Å². The van der Waals surface area contributed by atoms with Crippen LogP contribution in [0.25, 0.3) is 0 Å². The van der Waals surface area contributed by atoms with Crippen LogP contribution in [0.15, 0.2) is 35.8 Å². The number of rotatable bonds is 7. The van der Waals surface area contributed by atoms with Crippen LogP contribution in [-0.2, 0) is 19.1 Å². The number of benzene rings is 1. The van der Waals surface area contributed by atoms with Crippen molar-refractivity contribution in [2.75, 3.05) is 18.5 Å². The molecule has 150 valence electrons. The van der Waals surface area contributed by atoms with Crippen molar-refractivity contribution in [1.82, 2.24) is 10.3 Å². The van der Waals surface area contributed by atoms with Gasteiger partial charge in [0.2, 0.25) is 0 Å². The Morgan fingerprint density at radius 2 is 1.93 bits per heavy atom. The summed E-state index contributed by atoms with van der Waals surface area (Å²) in [4.78, 5) is 39.9. The highest BCUT2D eigenvalue weighted by Gasteiger charge is 2.24. The van der Waals surface area contributed by atoms with Crippen LogP contribution in [0.3, 0.4) is 0 Å². The van der Waals surface area contributed by atoms with Crippen molar-refractivity contribution < 1.29 is 19.1 Å². The van der Waals surface area contributed by atoms with Crippen LogP contribution < -0.4 is 16.4 Å². The number of amides is 2. The molecule has 0 bridgehead atoms. The van der Waals surface area contributed by atoms with Gasteiger partial charge in [0.15, 0.2) is 0 Å². The maximum atomic E-state index is 12.1. The summed E-state index contributed by atoms with van der Waals surface area (Å²) in [7, 11) is 0. The summed E-state index contributed by atoms with van der Waals surface area (Å²) in [6.07, 6.45) is 1.56. The van der Waals surface area contributed by atoms with E-state index in [1.807, 2.05) is 0 Å². The molecule has 0 saturated heterocycles. The molecule has 0 aliphatic rings. The lowest BCUT2D eigenvalue weighted by Gasteiger charge is -2.12. The second kappa shape index (κ2) is 10.6. The molecule has 9 nitrogen and oxygen atoms in total. The molecule has 29 heavy (non-hydrogen) atoms. The minimum Gasteiger partial charge on any atom is -0.465 e. The van der Waals surface area contributed by atoms with E-state index in [9.17, 15) is 14.4 Å². The number of hydrogen-bond acceptors (Lipinski definition) is 7. The van der Waals surface area contributed by atoms with Crippen molar-refractivity contribution in [3.05, 3.63) is 46.4 Å². The van der Waals surface area contributed by atoms with Crippen LogP contribution in [0.5, 0.6) is 0 Å². The summed E-state index contributed by atoms with van der Waals surface area (Å²) in [6, 6.07) is 6.28. The number of nitrogens with two attached hydrogens (primary N) is 1. The van der Waals surface area contributed by atoms with Gasteiger partial charge in [-0.25, -0.2) is 4.98 Å². The number of nitrogen functional groups attached to an aromatic ring is 1. The Balaban J connectivity index is 1.91. The predicted molar refractivity (Wildman–Crippen MR) is 108 cm³/mol. The zero-order chi connectivity index (χ0) is 21.2. The van der Waals surface area contributed by atoms with Crippen LogP contribution in [0.4, 0.5) is 5.69 Å². The number of nitrogens with one attached hydrogen (secondary N) is 3. The first-order chi connectivity index (χ1) is 13.9. The quantitative estimate of drug-likeness (QED) is 0.229. The molecule has 2 rings (SSSR count). The van der Waals surface area contributed by atoms with Crippen molar-refractivity contribution in [1.29, 1.82) is 5.41 Å². The molecular formula is C19H19N5O4S. The summed E-state index contributed by atoms with van der Waals surface area (Å²) < 4.78 is 5.00. The fraction of sp³-hybridized carbons (Fsp3) is 0.211. The summed E-state index contributed by atoms with van der Waals surface area (Å²) in [5.74, 6) is 1.62. The first-order valence-electron chi connectivity index (χ1n) is 8.52. The molecule has 1 atom stereocenters. The maximum Gasteiger partial charge on any atom is 0.317 e. The number of ether oxygens (including phenoxy) is 1. The van der Waals surface area contributed by atoms with Crippen molar-refractivity contribution >= 4 is 40.6 Å². The second-order valence-electron chi connectivity index (χ2n) is 5.58. The highest BCUT2D eigenvalue weighted by Crippen LogP contribution is 2.19. The number of nitrogens with zero attached hydrogens (tertiary/aromatic N) is 1. The third-order valence-electron chi connectivity index (χ3n) is 3.53.